The molecule has 1 N–H and O–H groups in total. The van der Waals surface area contributed by atoms with Gasteiger partial charge in [0.15, 0.2) is 0 Å². The Morgan fingerprint density at radius 3 is 2.62 bits per heavy atom. The van der Waals surface area contributed by atoms with Gasteiger partial charge in [-0.1, -0.05) is 26.8 Å². The first-order valence-corrected chi connectivity index (χ1v) is 5.62. The fraction of sp³-hybridized carbons (Fsp3) is 0.429. The van der Waals surface area contributed by atoms with Crippen LogP contribution in [0.3, 0.4) is 0 Å². The standard InChI is InChI=1S/C14H19NO/c1-14(2,3)11-5-6-13-12(7-11)10(8-15-13)9-16-4/h5-8,15H,9H2,1-4H3. The summed E-state index contributed by atoms with van der Waals surface area (Å²) in [5.41, 5.74) is 3.95. The molecule has 0 aliphatic heterocycles. The average molecular weight is 217 g/mol. The third-order valence-electron chi connectivity index (χ3n) is 2.93. The largest absolute Gasteiger partial charge is 0.380 e. The highest BCUT2D eigenvalue weighted by molar-refractivity contribution is 5.84. The average Bonchev–Trinajstić information content (AvgIpc) is 2.60. The van der Waals surface area contributed by atoms with Gasteiger partial charge in [0.05, 0.1) is 6.61 Å². The van der Waals surface area contributed by atoms with Crippen LogP contribution >= 0.6 is 0 Å². The molecule has 2 aromatic rings. The lowest BCUT2D eigenvalue weighted by Gasteiger charge is -2.19. The maximum absolute atomic E-state index is 5.20. The number of fused-ring (bicyclic) bond motifs is 1. The fourth-order valence-electron chi connectivity index (χ4n) is 1.92. The lowest BCUT2D eigenvalue weighted by atomic mass is 9.86. The zero-order chi connectivity index (χ0) is 11.8. The molecule has 0 unspecified atom stereocenters. The Morgan fingerprint density at radius 1 is 1.25 bits per heavy atom. The van der Waals surface area contributed by atoms with E-state index in [1.807, 2.05) is 6.20 Å². The quantitative estimate of drug-likeness (QED) is 0.816. The molecule has 0 spiro atoms. The van der Waals surface area contributed by atoms with Crippen LogP contribution < -0.4 is 0 Å². The molecule has 0 fully saturated rings. The van der Waals surface area contributed by atoms with Crippen molar-refractivity contribution in [2.24, 2.45) is 0 Å². The predicted molar refractivity (Wildman–Crippen MR) is 67.7 cm³/mol. The molecule has 2 nitrogen and oxygen atoms in total. The van der Waals surface area contributed by atoms with Crippen LogP contribution in [0.5, 0.6) is 0 Å². The first-order valence-electron chi connectivity index (χ1n) is 5.62. The Bertz CT molecular complexity index is 491. The minimum atomic E-state index is 0.190. The zero-order valence-electron chi connectivity index (χ0n) is 10.4. The van der Waals surface area contributed by atoms with Crippen molar-refractivity contribution < 1.29 is 4.74 Å². The second kappa shape index (κ2) is 3.95. The Labute approximate surface area is 96.6 Å². The Kier molecular flexibility index (Phi) is 2.76. The van der Waals surface area contributed by atoms with Crippen molar-refractivity contribution in [3.8, 4) is 0 Å². The van der Waals surface area contributed by atoms with Gasteiger partial charge >= 0.3 is 0 Å². The van der Waals surface area contributed by atoms with Gasteiger partial charge < -0.3 is 9.72 Å². The number of rotatable bonds is 2. The van der Waals surface area contributed by atoms with Gasteiger partial charge in [-0.3, -0.25) is 0 Å². The van der Waals surface area contributed by atoms with Crippen LogP contribution in [-0.2, 0) is 16.8 Å². The number of benzene rings is 1. The number of hydrogen-bond acceptors (Lipinski definition) is 1. The highest BCUT2D eigenvalue weighted by atomic mass is 16.5. The fourth-order valence-corrected chi connectivity index (χ4v) is 1.92. The molecule has 0 saturated carbocycles. The summed E-state index contributed by atoms with van der Waals surface area (Å²) < 4.78 is 5.20. The van der Waals surface area contributed by atoms with E-state index < -0.39 is 0 Å². The smallest absolute Gasteiger partial charge is 0.0733 e. The molecule has 1 aromatic heterocycles. The number of ether oxygens (including phenoxy) is 1. The van der Waals surface area contributed by atoms with Gasteiger partial charge in [-0.15, -0.1) is 0 Å². The van der Waals surface area contributed by atoms with Gasteiger partial charge in [-0.25, -0.2) is 0 Å². The van der Waals surface area contributed by atoms with E-state index in [0.29, 0.717) is 6.61 Å². The van der Waals surface area contributed by atoms with Crippen molar-refractivity contribution in [2.75, 3.05) is 7.11 Å². The summed E-state index contributed by atoms with van der Waals surface area (Å²) in [5.74, 6) is 0. The highest BCUT2D eigenvalue weighted by Gasteiger charge is 2.14. The summed E-state index contributed by atoms with van der Waals surface area (Å²) in [7, 11) is 1.73. The minimum Gasteiger partial charge on any atom is -0.380 e. The van der Waals surface area contributed by atoms with Crippen LogP contribution in [0.4, 0.5) is 0 Å². The zero-order valence-corrected chi connectivity index (χ0v) is 10.4. The van der Waals surface area contributed by atoms with Gasteiger partial charge in [0.1, 0.15) is 0 Å². The number of aromatic amines is 1. The van der Waals surface area contributed by atoms with Crippen molar-refractivity contribution in [1.82, 2.24) is 4.98 Å². The normalized spacial score (nSPS) is 12.2. The van der Waals surface area contributed by atoms with Crippen molar-refractivity contribution in [3.05, 3.63) is 35.5 Å². The number of hydrogen-bond donors (Lipinski definition) is 1. The predicted octanol–water partition coefficient (Wildman–Crippen LogP) is 3.61. The second-order valence-corrected chi connectivity index (χ2v) is 5.26. The number of methoxy groups -OCH3 is 1. The summed E-state index contributed by atoms with van der Waals surface area (Å²) in [6.45, 7) is 7.36. The van der Waals surface area contributed by atoms with E-state index in [1.54, 1.807) is 7.11 Å². The topological polar surface area (TPSA) is 25.0 Å². The molecule has 86 valence electrons. The molecule has 0 bridgehead atoms. The van der Waals surface area contributed by atoms with Crippen LogP contribution in [0.2, 0.25) is 0 Å². The van der Waals surface area contributed by atoms with E-state index in [0.717, 1.165) is 0 Å². The third-order valence-corrected chi connectivity index (χ3v) is 2.93. The Balaban J connectivity index is 2.54. The van der Waals surface area contributed by atoms with Gasteiger partial charge in [0, 0.05) is 29.8 Å². The maximum atomic E-state index is 5.20. The van der Waals surface area contributed by atoms with Crippen molar-refractivity contribution in [2.45, 2.75) is 32.8 Å². The summed E-state index contributed by atoms with van der Waals surface area (Å²) in [6, 6.07) is 6.60. The Hall–Kier alpha value is -1.28. The Morgan fingerprint density at radius 2 is 2.00 bits per heavy atom. The van der Waals surface area contributed by atoms with E-state index >= 15 is 0 Å². The molecule has 0 radical (unpaired) electrons. The molecule has 16 heavy (non-hydrogen) atoms. The summed E-state index contributed by atoms with van der Waals surface area (Å²) >= 11 is 0. The van der Waals surface area contributed by atoms with Crippen LogP contribution in [0.15, 0.2) is 24.4 Å². The van der Waals surface area contributed by atoms with Crippen LogP contribution in [0, 0.1) is 0 Å². The number of H-pyrrole nitrogens is 1. The first-order chi connectivity index (χ1) is 7.52. The molecule has 1 heterocycles. The second-order valence-electron chi connectivity index (χ2n) is 5.26. The van der Waals surface area contributed by atoms with E-state index in [1.165, 1.54) is 22.0 Å². The molecular formula is C14H19NO. The van der Waals surface area contributed by atoms with E-state index in [-0.39, 0.29) is 5.41 Å². The summed E-state index contributed by atoms with van der Waals surface area (Å²) in [5, 5.41) is 1.27. The van der Waals surface area contributed by atoms with Crippen LogP contribution in [-0.4, -0.2) is 12.1 Å². The van der Waals surface area contributed by atoms with Crippen molar-refractivity contribution >= 4 is 10.9 Å². The highest BCUT2D eigenvalue weighted by Crippen LogP contribution is 2.27. The van der Waals surface area contributed by atoms with Crippen molar-refractivity contribution in [3.63, 3.8) is 0 Å². The lowest BCUT2D eigenvalue weighted by molar-refractivity contribution is 0.186. The number of nitrogens with one attached hydrogen (secondary N) is 1. The SMILES string of the molecule is COCc1c[nH]c2ccc(C(C)(C)C)cc12. The van der Waals surface area contributed by atoms with Crippen LogP contribution in [0.25, 0.3) is 10.9 Å². The molecule has 0 amide bonds. The van der Waals surface area contributed by atoms with Gasteiger partial charge in [-0.05, 0) is 23.1 Å². The molecule has 0 aliphatic rings. The van der Waals surface area contributed by atoms with E-state index in [2.05, 4.69) is 44.0 Å². The van der Waals surface area contributed by atoms with E-state index in [9.17, 15) is 0 Å². The summed E-state index contributed by atoms with van der Waals surface area (Å²) in [4.78, 5) is 3.27. The van der Waals surface area contributed by atoms with E-state index in [4.69, 9.17) is 4.74 Å². The van der Waals surface area contributed by atoms with Gasteiger partial charge in [0.2, 0.25) is 0 Å². The molecule has 2 rings (SSSR count). The number of aromatic nitrogens is 1. The monoisotopic (exact) mass is 217 g/mol. The molecule has 0 aliphatic carbocycles. The van der Waals surface area contributed by atoms with Crippen LogP contribution in [0.1, 0.15) is 31.9 Å². The van der Waals surface area contributed by atoms with Crippen molar-refractivity contribution in [1.29, 1.82) is 0 Å². The van der Waals surface area contributed by atoms with Gasteiger partial charge in [-0.2, -0.15) is 0 Å². The first kappa shape index (κ1) is 11.2. The third kappa shape index (κ3) is 1.98. The van der Waals surface area contributed by atoms with Gasteiger partial charge in [0.25, 0.3) is 0 Å². The molecule has 0 atom stereocenters. The molecule has 2 heteroatoms. The molecule has 1 aromatic carbocycles. The summed E-state index contributed by atoms with van der Waals surface area (Å²) in [6.07, 6.45) is 2.03. The maximum Gasteiger partial charge on any atom is 0.0733 e. The molecule has 0 saturated heterocycles. The minimum absolute atomic E-state index is 0.190. The molecular weight excluding hydrogens is 198 g/mol. The lowest BCUT2D eigenvalue weighted by Crippen LogP contribution is -2.10.